The van der Waals surface area contributed by atoms with Crippen molar-refractivity contribution in [3.05, 3.63) is 65.7 Å². The molecule has 0 saturated carbocycles. The normalized spacial score (nSPS) is 15.5. The molecular formula is C22H26N2O5S. The summed E-state index contributed by atoms with van der Waals surface area (Å²) in [6.45, 7) is 2.44. The summed E-state index contributed by atoms with van der Waals surface area (Å²) in [5, 5.41) is 0. The van der Waals surface area contributed by atoms with Crippen molar-refractivity contribution in [2.45, 2.75) is 30.7 Å². The van der Waals surface area contributed by atoms with Crippen molar-refractivity contribution in [1.82, 2.24) is 9.21 Å². The number of carbonyl (C=O) groups excluding carboxylic acids is 2. The van der Waals surface area contributed by atoms with E-state index >= 15 is 0 Å². The van der Waals surface area contributed by atoms with Crippen LogP contribution in [-0.2, 0) is 19.6 Å². The van der Waals surface area contributed by atoms with Crippen molar-refractivity contribution in [2.24, 2.45) is 0 Å². The Morgan fingerprint density at radius 3 is 2.40 bits per heavy atom. The molecule has 1 amide bonds. The van der Waals surface area contributed by atoms with Gasteiger partial charge in [-0.1, -0.05) is 36.4 Å². The van der Waals surface area contributed by atoms with Crippen LogP contribution in [0.1, 0.15) is 41.7 Å². The van der Waals surface area contributed by atoms with Crippen LogP contribution in [0.5, 0.6) is 0 Å². The molecule has 0 bridgehead atoms. The van der Waals surface area contributed by atoms with Crippen molar-refractivity contribution < 1.29 is 22.7 Å². The topological polar surface area (TPSA) is 84.0 Å². The number of carbonyl (C=O) groups is 2. The third-order valence-electron chi connectivity index (χ3n) is 5.36. The van der Waals surface area contributed by atoms with Crippen LogP contribution in [0, 0.1) is 0 Å². The summed E-state index contributed by atoms with van der Waals surface area (Å²) in [6, 6.07) is 15.1. The van der Waals surface area contributed by atoms with Crippen LogP contribution in [0.4, 0.5) is 0 Å². The highest BCUT2D eigenvalue weighted by Crippen LogP contribution is 2.22. The number of sulfonamides is 1. The zero-order valence-corrected chi connectivity index (χ0v) is 18.0. The molecule has 7 nitrogen and oxygen atoms in total. The fourth-order valence-corrected chi connectivity index (χ4v) is 4.91. The highest BCUT2D eigenvalue weighted by molar-refractivity contribution is 7.89. The molecule has 2 aromatic rings. The van der Waals surface area contributed by atoms with E-state index in [1.54, 1.807) is 7.05 Å². The Hall–Kier alpha value is -2.71. The summed E-state index contributed by atoms with van der Waals surface area (Å²) in [6.07, 6.45) is 1.66. The van der Waals surface area contributed by atoms with Gasteiger partial charge in [0.2, 0.25) is 10.0 Å². The maximum Gasteiger partial charge on any atom is 0.338 e. The highest BCUT2D eigenvalue weighted by Gasteiger charge is 2.28. The van der Waals surface area contributed by atoms with Gasteiger partial charge >= 0.3 is 5.97 Å². The summed E-state index contributed by atoms with van der Waals surface area (Å²) >= 11 is 0. The molecule has 2 aromatic carbocycles. The molecule has 1 aliphatic rings. The lowest BCUT2D eigenvalue weighted by molar-refractivity contribution is -0.135. The van der Waals surface area contributed by atoms with Gasteiger partial charge in [0.1, 0.15) is 0 Å². The Morgan fingerprint density at radius 1 is 1.07 bits per heavy atom. The van der Waals surface area contributed by atoms with E-state index in [1.807, 2.05) is 37.3 Å². The number of hydrogen-bond donors (Lipinski definition) is 0. The maximum absolute atomic E-state index is 12.7. The van der Waals surface area contributed by atoms with Gasteiger partial charge in [0, 0.05) is 20.1 Å². The fraction of sp³-hybridized carbons (Fsp3) is 0.364. The van der Waals surface area contributed by atoms with Crippen molar-refractivity contribution >= 4 is 21.9 Å². The van der Waals surface area contributed by atoms with Gasteiger partial charge in [0.15, 0.2) is 6.61 Å². The largest absolute Gasteiger partial charge is 0.452 e. The number of rotatable bonds is 7. The Balaban J connectivity index is 1.63. The standard InChI is InChI=1S/C22H26N2O5S/c1-17(18-9-4-3-5-10-18)23(2)21(25)16-29-22(26)19-11-8-12-20(15-19)30(27,28)24-13-6-7-14-24/h3-5,8-12,15,17H,6-7,13-14,16H2,1-2H3. The van der Waals surface area contributed by atoms with Crippen molar-refractivity contribution in [1.29, 1.82) is 0 Å². The first-order valence-electron chi connectivity index (χ1n) is 9.88. The van der Waals surface area contributed by atoms with Crippen LogP contribution in [-0.4, -0.2) is 56.2 Å². The molecule has 1 aliphatic heterocycles. The quantitative estimate of drug-likeness (QED) is 0.631. The van der Waals surface area contributed by atoms with Crippen molar-refractivity contribution in [3.8, 4) is 0 Å². The maximum atomic E-state index is 12.7. The van der Waals surface area contributed by atoms with Crippen LogP contribution >= 0.6 is 0 Å². The van der Waals surface area contributed by atoms with Crippen molar-refractivity contribution in [2.75, 3.05) is 26.7 Å². The van der Waals surface area contributed by atoms with E-state index in [-0.39, 0.29) is 22.4 Å². The number of esters is 1. The Morgan fingerprint density at radius 2 is 1.73 bits per heavy atom. The van der Waals surface area contributed by atoms with Gasteiger partial charge in [-0.15, -0.1) is 0 Å². The molecule has 0 radical (unpaired) electrons. The van der Waals surface area contributed by atoms with E-state index in [0.29, 0.717) is 13.1 Å². The van der Waals surface area contributed by atoms with Crippen LogP contribution in [0.3, 0.4) is 0 Å². The summed E-state index contributed by atoms with van der Waals surface area (Å²) in [7, 11) is -1.98. The number of likely N-dealkylation sites (N-methyl/N-ethyl adjacent to an activating group) is 1. The first-order chi connectivity index (χ1) is 14.3. The average Bonchev–Trinajstić information content (AvgIpc) is 3.33. The van der Waals surface area contributed by atoms with Gasteiger partial charge in [-0.05, 0) is 43.5 Å². The fourth-order valence-electron chi connectivity index (χ4n) is 3.34. The van der Waals surface area contributed by atoms with Gasteiger partial charge in [-0.2, -0.15) is 4.31 Å². The summed E-state index contributed by atoms with van der Waals surface area (Å²) < 4.78 is 31.9. The monoisotopic (exact) mass is 430 g/mol. The Labute approximate surface area is 177 Å². The van der Waals surface area contributed by atoms with E-state index in [2.05, 4.69) is 0 Å². The summed E-state index contributed by atoms with van der Waals surface area (Å²) in [4.78, 5) is 26.4. The first kappa shape index (κ1) is 22.0. The third-order valence-corrected chi connectivity index (χ3v) is 7.25. The number of amides is 1. The highest BCUT2D eigenvalue weighted by atomic mass is 32.2. The summed E-state index contributed by atoms with van der Waals surface area (Å²) in [5.74, 6) is -1.08. The predicted molar refractivity (Wildman–Crippen MR) is 112 cm³/mol. The van der Waals surface area contributed by atoms with E-state index in [1.165, 1.54) is 33.5 Å². The number of ether oxygens (including phenoxy) is 1. The molecule has 160 valence electrons. The van der Waals surface area contributed by atoms with Crippen LogP contribution in [0.2, 0.25) is 0 Å². The summed E-state index contributed by atoms with van der Waals surface area (Å²) in [5.41, 5.74) is 1.07. The lowest BCUT2D eigenvalue weighted by atomic mass is 10.1. The number of benzene rings is 2. The molecule has 1 fully saturated rings. The zero-order chi connectivity index (χ0) is 21.7. The second kappa shape index (κ2) is 9.40. The van der Waals surface area contributed by atoms with Gasteiger partial charge < -0.3 is 9.64 Å². The number of nitrogens with zero attached hydrogens (tertiary/aromatic N) is 2. The molecule has 0 N–H and O–H groups in total. The molecule has 0 spiro atoms. The molecule has 30 heavy (non-hydrogen) atoms. The molecule has 3 rings (SSSR count). The van der Waals surface area contributed by atoms with Gasteiger partial charge in [-0.25, -0.2) is 13.2 Å². The van der Waals surface area contributed by atoms with E-state index in [9.17, 15) is 18.0 Å². The second-order valence-corrected chi connectivity index (χ2v) is 9.24. The molecule has 1 heterocycles. The van der Waals surface area contributed by atoms with Gasteiger partial charge in [0.05, 0.1) is 16.5 Å². The van der Waals surface area contributed by atoms with Crippen LogP contribution < -0.4 is 0 Å². The van der Waals surface area contributed by atoms with E-state index < -0.39 is 22.6 Å². The van der Waals surface area contributed by atoms with Crippen LogP contribution in [0.25, 0.3) is 0 Å². The van der Waals surface area contributed by atoms with Crippen LogP contribution in [0.15, 0.2) is 59.5 Å². The molecule has 8 heteroatoms. The zero-order valence-electron chi connectivity index (χ0n) is 17.2. The minimum Gasteiger partial charge on any atom is -0.452 e. The smallest absolute Gasteiger partial charge is 0.338 e. The molecule has 1 saturated heterocycles. The van der Waals surface area contributed by atoms with Crippen molar-refractivity contribution in [3.63, 3.8) is 0 Å². The predicted octanol–water partition coefficient (Wildman–Crippen LogP) is 2.85. The molecule has 0 aliphatic carbocycles. The molecular weight excluding hydrogens is 404 g/mol. The molecule has 0 aromatic heterocycles. The SMILES string of the molecule is CC(c1ccccc1)N(C)C(=O)COC(=O)c1cccc(S(=O)(=O)N2CCCC2)c1. The lowest BCUT2D eigenvalue weighted by Gasteiger charge is -2.25. The minimum absolute atomic E-state index is 0.0556. The minimum atomic E-state index is -3.63. The second-order valence-electron chi connectivity index (χ2n) is 7.31. The average molecular weight is 431 g/mol. The Bertz CT molecular complexity index is 1000. The Kier molecular flexibility index (Phi) is 6.89. The first-order valence-corrected chi connectivity index (χ1v) is 11.3. The lowest BCUT2D eigenvalue weighted by Crippen LogP contribution is -2.33. The van der Waals surface area contributed by atoms with E-state index in [0.717, 1.165) is 18.4 Å². The number of hydrogen-bond acceptors (Lipinski definition) is 5. The molecule has 1 atom stereocenters. The van der Waals surface area contributed by atoms with Gasteiger partial charge in [0.25, 0.3) is 5.91 Å². The van der Waals surface area contributed by atoms with Gasteiger partial charge in [-0.3, -0.25) is 4.79 Å². The van der Waals surface area contributed by atoms with E-state index in [4.69, 9.17) is 4.74 Å². The molecule has 1 unspecified atom stereocenters. The third kappa shape index (κ3) is 4.88.